The Labute approximate surface area is 92.1 Å². The first-order valence-corrected chi connectivity index (χ1v) is 4.83. The van der Waals surface area contributed by atoms with Crippen LogP contribution in [0.2, 0.25) is 0 Å². The molecule has 0 aliphatic rings. The molecule has 5 N–H and O–H groups in total. The molecule has 1 atom stereocenters. The molecule has 0 spiro atoms. The molecule has 0 saturated heterocycles. The second-order valence-electron chi connectivity index (χ2n) is 3.29. The molecule has 0 aliphatic heterocycles. The molecular formula is C9H14N4O3. The molecule has 1 heterocycles. The fourth-order valence-electron chi connectivity index (χ4n) is 1.11. The zero-order chi connectivity index (χ0) is 12.0. The highest BCUT2D eigenvalue weighted by molar-refractivity contribution is 5.82. The van der Waals surface area contributed by atoms with Crippen LogP contribution in [0.25, 0.3) is 0 Å². The van der Waals surface area contributed by atoms with Gasteiger partial charge in [-0.1, -0.05) is 0 Å². The molecule has 0 aromatic carbocycles. The second kappa shape index (κ2) is 5.86. The first kappa shape index (κ1) is 12.2. The Kier molecular flexibility index (Phi) is 4.46. The molecule has 0 bridgehead atoms. The fraction of sp³-hybridized carbons (Fsp3) is 0.444. The van der Waals surface area contributed by atoms with Gasteiger partial charge in [-0.3, -0.25) is 9.59 Å². The molecule has 1 unspecified atom stereocenters. The maximum atomic E-state index is 11.4. The number of nitrogens with two attached hydrogens (primary N) is 1. The summed E-state index contributed by atoms with van der Waals surface area (Å²) in [4.78, 5) is 28.4. The number of imidazole rings is 1. The van der Waals surface area contributed by atoms with Crippen LogP contribution in [0.1, 0.15) is 18.7 Å². The van der Waals surface area contributed by atoms with Crippen LogP contribution in [0.15, 0.2) is 12.4 Å². The number of aromatic amines is 1. The van der Waals surface area contributed by atoms with Crippen molar-refractivity contribution in [2.24, 2.45) is 5.73 Å². The molecule has 1 aromatic heterocycles. The minimum atomic E-state index is -0.964. The number of carbonyl (C=O) groups is 2. The van der Waals surface area contributed by atoms with Crippen molar-refractivity contribution in [1.29, 1.82) is 0 Å². The monoisotopic (exact) mass is 226 g/mol. The summed E-state index contributed by atoms with van der Waals surface area (Å²) >= 11 is 0. The summed E-state index contributed by atoms with van der Waals surface area (Å²) in [6.07, 6.45) is 3.23. The Hall–Kier alpha value is -1.89. The first-order chi connectivity index (χ1) is 7.59. The predicted molar refractivity (Wildman–Crippen MR) is 55.3 cm³/mol. The smallest absolute Gasteiger partial charge is 0.303 e. The zero-order valence-corrected chi connectivity index (χ0v) is 8.64. The van der Waals surface area contributed by atoms with E-state index in [1.54, 1.807) is 12.4 Å². The molecule has 1 rings (SSSR count). The number of hydrogen-bond acceptors (Lipinski definition) is 4. The number of amides is 1. The topological polar surface area (TPSA) is 121 Å². The standard InChI is InChI=1S/C9H14N4O3/c10-6(1-2-8(14)15)9(16)13-5-7-11-3-4-12-7/h3-4,6H,1-2,5,10H2,(H,11,12)(H,13,16)(H,14,15). The predicted octanol–water partition coefficient (Wildman–Crippen LogP) is -0.782. The van der Waals surface area contributed by atoms with Crippen LogP contribution >= 0.6 is 0 Å². The molecule has 0 fully saturated rings. The summed E-state index contributed by atoms with van der Waals surface area (Å²) in [6.45, 7) is 0.257. The van der Waals surface area contributed by atoms with Gasteiger partial charge in [-0.15, -0.1) is 0 Å². The molecule has 0 radical (unpaired) electrons. The van der Waals surface area contributed by atoms with Gasteiger partial charge in [0.1, 0.15) is 5.82 Å². The molecule has 7 nitrogen and oxygen atoms in total. The number of aliphatic carboxylic acids is 1. The van der Waals surface area contributed by atoms with Crippen LogP contribution in [0, 0.1) is 0 Å². The summed E-state index contributed by atoms with van der Waals surface area (Å²) in [5, 5.41) is 11.0. The Balaban J connectivity index is 2.26. The number of rotatable bonds is 6. The largest absolute Gasteiger partial charge is 0.481 e. The first-order valence-electron chi connectivity index (χ1n) is 4.83. The van der Waals surface area contributed by atoms with Crippen molar-refractivity contribution < 1.29 is 14.7 Å². The third-order valence-corrected chi connectivity index (χ3v) is 1.99. The van der Waals surface area contributed by atoms with Crippen molar-refractivity contribution >= 4 is 11.9 Å². The highest BCUT2D eigenvalue weighted by Crippen LogP contribution is 1.95. The molecule has 1 amide bonds. The lowest BCUT2D eigenvalue weighted by Crippen LogP contribution is -2.40. The Morgan fingerprint density at radius 3 is 2.94 bits per heavy atom. The fourth-order valence-corrected chi connectivity index (χ4v) is 1.11. The van der Waals surface area contributed by atoms with Gasteiger partial charge in [-0.05, 0) is 6.42 Å². The van der Waals surface area contributed by atoms with E-state index < -0.39 is 12.0 Å². The minimum absolute atomic E-state index is 0.116. The Morgan fingerprint density at radius 2 is 2.38 bits per heavy atom. The van der Waals surface area contributed by atoms with Crippen LogP contribution in [-0.2, 0) is 16.1 Å². The Bertz CT molecular complexity index is 350. The van der Waals surface area contributed by atoms with Crippen molar-refractivity contribution in [2.45, 2.75) is 25.4 Å². The van der Waals surface area contributed by atoms with E-state index in [0.29, 0.717) is 5.82 Å². The molecule has 0 aliphatic carbocycles. The quantitative estimate of drug-likeness (QED) is 0.507. The maximum Gasteiger partial charge on any atom is 0.303 e. The van der Waals surface area contributed by atoms with Crippen molar-refractivity contribution in [2.75, 3.05) is 0 Å². The van der Waals surface area contributed by atoms with Gasteiger partial charge in [-0.2, -0.15) is 0 Å². The average Bonchev–Trinajstić information content (AvgIpc) is 2.75. The molecule has 1 aromatic rings. The SMILES string of the molecule is NC(CCC(=O)O)C(=O)NCc1ncc[nH]1. The van der Waals surface area contributed by atoms with Crippen LogP contribution in [-0.4, -0.2) is 33.0 Å². The maximum absolute atomic E-state index is 11.4. The van der Waals surface area contributed by atoms with Crippen LogP contribution in [0.5, 0.6) is 0 Å². The van der Waals surface area contributed by atoms with Crippen molar-refractivity contribution in [3.63, 3.8) is 0 Å². The van der Waals surface area contributed by atoms with Gasteiger partial charge >= 0.3 is 5.97 Å². The summed E-state index contributed by atoms with van der Waals surface area (Å²) in [6, 6.07) is -0.800. The lowest BCUT2D eigenvalue weighted by atomic mass is 10.1. The van der Waals surface area contributed by atoms with E-state index in [0.717, 1.165) is 0 Å². The van der Waals surface area contributed by atoms with Crippen molar-refractivity contribution in [1.82, 2.24) is 15.3 Å². The highest BCUT2D eigenvalue weighted by Gasteiger charge is 2.14. The van der Waals surface area contributed by atoms with Crippen LogP contribution < -0.4 is 11.1 Å². The molecular weight excluding hydrogens is 212 g/mol. The highest BCUT2D eigenvalue weighted by atomic mass is 16.4. The Morgan fingerprint density at radius 1 is 1.62 bits per heavy atom. The van der Waals surface area contributed by atoms with Crippen LogP contribution in [0.3, 0.4) is 0 Å². The third-order valence-electron chi connectivity index (χ3n) is 1.99. The summed E-state index contributed by atoms with van der Waals surface area (Å²) in [5.74, 6) is -0.717. The van der Waals surface area contributed by atoms with E-state index in [1.807, 2.05) is 0 Å². The van der Waals surface area contributed by atoms with E-state index in [2.05, 4.69) is 15.3 Å². The second-order valence-corrected chi connectivity index (χ2v) is 3.29. The number of nitrogens with zero attached hydrogens (tertiary/aromatic N) is 1. The summed E-state index contributed by atoms with van der Waals surface area (Å²) < 4.78 is 0. The number of aromatic nitrogens is 2. The molecule has 0 saturated carbocycles. The van der Waals surface area contributed by atoms with E-state index in [4.69, 9.17) is 10.8 Å². The number of carboxylic acids is 1. The van der Waals surface area contributed by atoms with Gasteiger partial charge in [0.05, 0.1) is 12.6 Å². The van der Waals surface area contributed by atoms with Crippen molar-refractivity contribution in [3.8, 4) is 0 Å². The van der Waals surface area contributed by atoms with E-state index >= 15 is 0 Å². The summed E-state index contributed by atoms with van der Waals surface area (Å²) in [7, 11) is 0. The summed E-state index contributed by atoms with van der Waals surface area (Å²) in [5.41, 5.74) is 5.50. The number of carboxylic acid groups (broad SMARTS) is 1. The lowest BCUT2D eigenvalue weighted by Gasteiger charge is -2.09. The number of H-pyrrole nitrogens is 1. The molecule has 88 valence electrons. The van der Waals surface area contributed by atoms with Gasteiger partial charge in [0.15, 0.2) is 0 Å². The number of nitrogens with one attached hydrogen (secondary N) is 2. The number of carbonyl (C=O) groups excluding carboxylic acids is 1. The van der Waals surface area contributed by atoms with Gasteiger partial charge in [0, 0.05) is 18.8 Å². The van der Waals surface area contributed by atoms with Crippen molar-refractivity contribution in [3.05, 3.63) is 18.2 Å². The lowest BCUT2D eigenvalue weighted by molar-refractivity contribution is -0.137. The van der Waals surface area contributed by atoms with E-state index in [1.165, 1.54) is 0 Å². The van der Waals surface area contributed by atoms with E-state index in [-0.39, 0.29) is 25.3 Å². The van der Waals surface area contributed by atoms with Gasteiger partial charge in [0.2, 0.25) is 5.91 Å². The van der Waals surface area contributed by atoms with Gasteiger partial charge < -0.3 is 21.1 Å². The third kappa shape index (κ3) is 4.09. The zero-order valence-electron chi connectivity index (χ0n) is 8.64. The molecule has 16 heavy (non-hydrogen) atoms. The van der Waals surface area contributed by atoms with Crippen LogP contribution in [0.4, 0.5) is 0 Å². The minimum Gasteiger partial charge on any atom is -0.481 e. The van der Waals surface area contributed by atoms with Gasteiger partial charge in [-0.25, -0.2) is 4.98 Å². The average molecular weight is 226 g/mol. The van der Waals surface area contributed by atoms with Gasteiger partial charge in [0.25, 0.3) is 0 Å². The molecule has 7 heteroatoms. The van der Waals surface area contributed by atoms with E-state index in [9.17, 15) is 9.59 Å². The number of hydrogen-bond donors (Lipinski definition) is 4. The normalized spacial score (nSPS) is 12.1.